The number of benzene rings is 1. The zero-order chi connectivity index (χ0) is 14.1. The molecule has 2 heterocycles. The van der Waals surface area contributed by atoms with Crippen molar-refractivity contribution in [2.24, 2.45) is 0 Å². The number of nitro groups is 1. The normalized spacial score (nSPS) is 10.7. The number of ether oxygens (including phenoxy) is 1. The van der Waals surface area contributed by atoms with E-state index in [4.69, 9.17) is 4.74 Å². The molecule has 0 saturated heterocycles. The summed E-state index contributed by atoms with van der Waals surface area (Å²) in [7, 11) is 0. The first-order valence-electron chi connectivity index (χ1n) is 5.45. The van der Waals surface area contributed by atoms with E-state index in [0.29, 0.717) is 5.39 Å². The summed E-state index contributed by atoms with van der Waals surface area (Å²) in [5.41, 5.74) is -0.335. The zero-order valence-electron chi connectivity index (χ0n) is 9.82. The van der Waals surface area contributed by atoms with Gasteiger partial charge in [-0.05, 0) is 17.5 Å². The highest BCUT2D eigenvalue weighted by Gasteiger charge is 2.14. The van der Waals surface area contributed by atoms with Crippen molar-refractivity contribution in [3.63, 3.8) is 0 Å². The van der Waals surface area contributed by atoms with Crippen molar-refractivity contribution < 1.29 is 14.1 Å². The lowest BCUT2D eigenvalue weighted by molar-refractivity contribution is -0.385. The monoisotopic (exact) mass is 291 g/mol. The van der Waals surface area contributed by atoms with Gasteiger partial charge in [-0.1, -0.05) is 0 Å². The van der Waals surface area contributed by atoms with Crippen LogP contribution in [0.15, 0.2) is 36.0 Å². The van der Waals surface area contributed by atoms with Crippen LogP contribution < -0.4 is 4.74 Å². The highest BCUT2D eigenvalue weighted by atomic mass is 32.1. The number of aromatic nitrogens is 2. The first kappa shape index (κ1) is 12.4. The minimum atomic E-state index is -0.818. The lowest BCUT2D eigenvalue weighted by atomic mass is 10.3. The van der Waals surface area contributed by atoms with E-state index < -0.39 is 10.7 Å². The topological polar surface area (TPSA) is 78.2 Å². The van der Waals surface area contributed by atoms with E-state index in [1.165, 1.54) is 29.8 Å². The number of hydrogen-bond acceptors (Lipinski definition) is 6. The minimum Gasteiger partial charge on any atom is -0.435 e. The van der Waals surface area contributed by atoms with Gasteiger partial charge in [0.1, 0.15) is 11.2 Å². The standard InChI is InChI=1S/C12H6FN3O3S/c13-9-5-7(16(17)18)1-2-10(9)19-11-8-3-4-20-12(8)15-6-14-11/h1-6H. The van der Waals surface area contributed by atoms with Crippen LogP contribution in [-0.2, 0) is 0 Å². The molecule has 8 heteroatoms. The average Bonchev–Trinajstić information content (AvgIpc) is 2.90. The maximum absolute atomic E-state index is 13.8. The molecule has 0 atom stereocenters. The van der Waals surface area contributed by atoms with Crippen LogP contribution in [0.1, 0.15) is 0 Å². The Hall–Kier alpha value is -2.61. The molecule has 0 unspecified atom stereocenters. The second-order valence-corrected chi connectivity index (χ2v) is 4.69. The lowest BCUT2D eigenvalue weighted by Gasteiger charge is -2.06. The number of nitrogens with zero attached hydrogens (tertiary/aromatic N) is 3. The van der Waals surface area contributed by atoms with Crippen LogP contribution in [0.4, 0.5) is 10.1 Å². The molecular formula is C12H6FN3O3S. The second-order valence-electron chi connectivity index (χ2n) is 3.79. The zero-order valence-corrected chi connectivity index (χ0v) is 10.6. The van der Waals surface area contributed by atoms with E-state index in [1.807, 2.05) is 5.38 Å². The molecule has 2 aromatic heterocycles. The molecule has 0 fully saturated rings. The molecule has 0 spiro atoms. The molecule has 20 heavy (non-hydrogen) atoms. The molecule has 0 aliphatic rings. The summed E-state index contributed by atoms with van der Waals surface area (Å²) in [5, 5.41) is 13.0. The van der Waals surface area contributed by atoms with Crippen molar-refractivity contribution in [2.75, 3.05) is 0 Å². The molecular weight excluding hydrogens is 285 g/mol. The van der Waals surface area contributed by atoms with E-state index >= 15 is 0 Å². The molecule has 0 saturated carbocycles. The number of nitro benzene ring substituents is 1. The largest absolute Gasteiger partial charge is 0.435 e. The van der Waals surface area contributed by atoms with Gasteiger partial charge in [0.15, 0.2) is 11.6 Å². The summed E-state index contributed by atoms with van der Waals surface area (Å²) in [5.74, 6) is -0.730. The van der Waals surface area contributed by atoms with Gasteiger partial charge in [-0.2, -0.15) is 0 Å². The Morgan fingerprint density at radius 3 is 2.90 bits per heavy atom. The van der Waals surface area contributed by atoms with Gasteiger partial charge in [-0.3, -0.25) is 10.1 Å². The lowest BCUT2D eigenvalue weighted by Crippen LogP contribution is -1.94. The van der Waals surface area contributed by atoms with Crippen LogP contribution in [0.5, 0.6) is 11.6 Å². The fraction of sp³-hybridized carbons (Fsp3) is 0. The van der Waals surface area contributed by atoms with Gasteiger partial charge in [0.2, 0.25) is 5.88 Å². The third-order valence-corrected chi connectivity index (χ3v) is 3.38. The Labute approximate surface area is 115 Å². The van der Waals surface area contributed by atoms with E-state index in [1.54, 1.807) is 6.07 Å². The van der Waals surface area contributed by atoms with Crippen LogP contribution in [0.2, 0.25) is 0 Å². The van der Waals surface area contributed by atoms with Crippen molar-refractivity contribution >= 4 is 27.2 Å². The van der Waals surface area contributed by atoms with E-state index in [2.05, 4.69) is 9.97 Å². The highest BCUT2D eigenvalue weighted by molar-refractivity contribution is 7.16. The van der Waals surface area contributed by atoms with E-state index in [9.17, 15) is 14.5 Å². The first-order chi connectivity index (χ1) is 9.65. The molecule has 6 nitrogen and oxygen atoms in total. The molecule has 3 rings (SSSR count). The van der Waals surface area contributed by atoms with E-state index in [-0.39, 0.29) is 17.3 Å². The van der Waals surface area contributed by atoms with Gasteiger partial charge < -0.3 is 4.74 Å². The smallest absolute Gasteiger partial charge is 0.272 e. The van der Waals surface area contributed by atoms with Gasteiger partial charge in [0.25, 0.3) is 5.69 Å². The van der Waals surface area contributed by atoms with Gasteiger partial charge in [0.05, 0.1) is 16.4 Å². The number of halogens is 1. The predicted molar refractivity (Wildman–Crippen MR) is 70.5 cm³/mol. The van der Waals surface area contributed by atoms with Crippen molar-refractivity contribution in [3.05, 3.63) is 51.9 Å². The summed E-state index contributed by atoms with van der Waals surface area (Å²) < 4.78 is 19.1. The average molecular weight is 291 g/mol. The van der Waals surface area contributed by atoms with Crippen LogP contribution in [0.25, 0.3) is 10.2 Å². The summed E-state index contributed by atoms with van der Waals surface area (Å²) >= 11 is 1.41. The maximum atomic E-state index is 13.8. The van der Waals surface area contributed by atoms with Gasteiger partial charge in [-0.15, -0.1) is 11.3 Å². The van der Waals surface area contributed by atoms with Crippen LogP contribution in [0, 0.1) is 15.9 Å². The highest BCUT2D eigenvalue weighted by Crippen LogP contribution is 2.31. The minimum absolute atomic E-state index is 0.123. The molecule has 100 valence electrons. The van der Waals surface area contributed by atoms with E-state index in [0.717, 1.165) is 10.9 Å². The number of thiophene rings is 1. The Bertz CT molecular complexity index is 805. The quantitative estimate of drug-likeness (QED) is 0.545. The SMILES string of the molecule is O=[N+]([O-])c1ccc(Oc2ncnc3sccc23)c(F)c1. The third kappa shape index (κ3) is 2.16. The molecule has 0 bridgehead atoms. The molecule has 0 amide bonds. The number of fused-ring (bicyclic) bond motifs is 1. The maximum Gasteiger partial charge on any atom is 0.272 e. The second kappa shape index (κ2) is 4.82. The third-order valence-electron chi connectivity index (χ3n) is 2.56. The summed E-state index contributed by atoms with van der Waals surface area (Å²) in [6.07, 6.45) is 1.32. The van der Waals surface area contributed by atoms with Crippen molar-refractivity contribution in [2.45, 2.75) is 0 Å². The fourth-order valence-electron chi connectivity index (χ4n) is 1.64. The Morgan fingerprint density at radius 2 is 2.15 bits per heavy atom. The first-order valence-corrected chi connectivity index (χ1v) is 6.33. The Morgan fingerprint density at radius 1 is 1.30 bits per heavy atom. The Balaban J connectivity index is 1.99. The number of hydrogen-bond donors (Lipinski definition) is 0. The summed E-state index contributed by atoms with van der Waals surface area (Å²) in [4.78, 5) is 18.6. The number of rotatable bonds is 3. The summed E-state index contributed by atoms with van der Waals surface area (Å²) in [6, 6.07) is 4.94. The van der Waals surface area contributed by atoms with Gasteiger partial charge in [-0.25, -0.2) is 14.4 Å². The number of non-ortho nitro benzene ring substituents is 1. The molecule has 0 N–H and O–H groups in total. The predicted octanol–water partition coefficient (Wildman–Crippen LogP) is 3.53. The van der Waals surface area contributed by atoms with Gasteiger partial charge >= 0.3 is 0 Å². The molecule has 0 aliphatic carbocycles. The molecule has 0 radical (unpaired) electrons. The van der Waals surface area contributed by atoms with Crippen LogP contribution in [0.3, 0.4) is 0 Å². The fourth-order valence-corrected chi connectivity index (χ4v) is 2.36. The molecule has 1 aromatic carbocycles. The Kier molecular flexibility index (Phi) is 2.99. The summed E-state index contributed by atoms with van der Waals surface area (Å²) in [6.45, 7) is 0. The molecule has 0 aliphatic heterocycles. The van der Waals surface area contributed by atoms with Crippen molar-refractivity contribution in [1.29, 1.82) is 0 Å². The van der Waals surface area contributed by atoms with Crippen molar-refractivity contribution in [1.82, 2.24) is 9.97 Å². The van der Waals surface area contributed by atoms with Crippen LogP contribution >= 0.6 is 11.3 Å². The van der Waals surface area contributed by atoms with Gasteiger partial charge in [0, 0.05) is 6.07 Å². The molecule has 3 aromatic rings. The van der Waals surface area contributed by atoms with Crippen LogP contribution in [-0.4, -0.2) is 14.9 Å². The van der Waals surface area contributed by atoms with Crippen molar-refractivity contribution in [3.8, 4) is 11.6 Å².